The molecule has 1 unspecified atom stereocenters. The van der Waals surface area contributed by atoms with Crippen LogP contribution in [0.25, 0.3) is 0 Å². The molecule has 0 saturated carbocycles. The van der Waals surface area contributed by atoms with E-state index in [2.05, 4.69) is 10.6 Å². The minimum atomic E-state index is -4.45. The number of hydrogen-bond acceptors (Lipinski definition) is 3. The number of hydrogen-bond donors (Lipinski definition) is 3. The van der Waals surface area contributed by atoms with E-state index in [0.29, 0.717) is 0 Å². The molecule has 0 saturated heterocycles. The molecule has 110 valence electrons. The number of aliphatic hydroxyl groups excluding tert-OH is 1. The number of halogens is 3. The molecule has 2 amide bonds. The normalized spacial score (nSPS) is 12.7. The predicted octanol–water partition coefficient (Wildman–Crippen LogP) is 0.601. The first-order valence-electron chi connectivity index (χ1n) is 5.61. The summed E-state index contributed by atoms with van der Waals surface area (Å²) < 4.78 is 37.0. The van der Waals surface area contributed by atoms with Crippen molar-refractivity contribution in [2.45, 2.75) is 12.3 Å². The Hall–Kier alpha value is -2.09. The molecule has 1 atom stereocenters. The van der Waals surface area contributed by atoms with Crippen LogP contribution in [-0.2, 0) is 15.8 Å². The molecule has 0 heterocycles. The van der Waals surface area contributed by atoms with E-state index in [1.165, 1.54) is 7.05 Å². The van der Waals surface area contributed by atoms with Crippen LogP contribution in [0.3, 0.4) is 0 Å². The number of likely N-dealkylation sites (N-methyl/N-ethyl adjacent to an activating group) is 1. The van der Waals surface area contributed by atoms with Crippen molar-refractivity contribution >= 4 is 11.8 Å². The van der Waals surface area contributed by atoms with Gasteiger partial charge in [0.1, 0.15) is 0 Å². The van der Waals surface area contributed by atoms with Crippen molar-refractivity contribution < 1.29 is 27.9 Å². The van der Waals surface area contributed by atoms with Crippen molar-refractivity contribution in [3.63, 3.8) is 0 Å². The summed E-state index contributed by atoms with van der Waals surface area (Å²) >= 11 is 0. The van der Waals surface area contributed by atoms with Gasteiger partial charge in [-0.25, -0.2) is 0 Å². The van der Waals surface area contributed by atoms with Gasteiger partial charge in [-0.05, 0) is 17.7 Å². The third-order valence-corrected chi connectivity index (χ3v) is 2.51. The smallest absolute Gasteiger partial charge is 0.387 e. The van der Waals surface area contributed by atoms with Crippen molar-refractivity contribution in [3.8, 4) is 0 Å². The highest BCUT2D eigenvalue weighted by Crippen LogP contribution is 2.29. The maximum Gasteiger partial charge on any atom is 0.416 e. The first kappa shape index (κ1) is 16.0. The minimum absolute atomic E-state index is 0.204. The van der Waals surface area contributed by atoms with Gasteiger partial charge in [0.05, 0.1) is 11.7 Å². The van der Waals surface area contributed by atoms with Crippen LogP contribution < -0.4 is 10.6 Å². The van der Waals surface area contributed by atoms with E-state index in [4.69, 9.17) is 0 Å². The van der Waals surface area contributed by atoms with Gasteiger partial charge in [0.15, 0.2) is 0 Å². The highest BCUT2D eigenvalue weighted by molar-refractivity contribution is 6.35. The third kappa shape index (κ3) is 4.23. The molecule has 0 spiro atoms. The van der Waals surface area contributed by atoms with E-state index >= 15 is 0 Å². The molecule has 1 aromatic rings. The Kier molecular flexibility index (Phi) is 5.09. The molecule has 0 radical (unpaired) electrons. The van der Waals surface area contributed by atoms with Crippen molar-refractivity contribution in [2.75, 3.05) is 13.6 Å². The first-order chi connectivity index (χ1) is 9.25. The largest absolute Gasteiger partial charge is 0.416 e. The zero-order chi connectivity index (χ0) is 15.3. The zero-order valence-electron chi connectivity index (χ0n) is 10.5. The summed E-state index contributed by atoms with van der Waals surface area (Å²) in [5, 5.41) is 13.9. The van der Waals surface area contributed by atoms with Crippen LogP contribution in [0, 0.1) is 0 Å². The van der Waals surface area contributed by atoms with E-state index in [1.807, 2.05) is 0 Å². The molecular weight excluding hydrogens is 277 g/mol. The number of rotatable bonds is 3. The van der Waals surface area contributed by atoms with E-state index in [0.717, 1.165) is 24.3 Å². The second-order valence-electron chi connectivity index (χ2n) is 3.92. The summed E-state index contributed by atoms with van der Waals surface area (Å²) in [6.45, 7) is -0.280. The average molecular weight is 290 g/mol. The Morgan fingerprint density at radius 2 is 1.75 bits per heavy atom. The SMILES string of the molecule is CNC(=O)C(=O)NCC(O)c1ccc(C(F)(F)F)cc1. The van der Waals surface area contributed by atoms with Gasteiger partial charge in [-0.3, -0.25) is 9.59 Å². The lowest BCUT2D eigenvalue weighted by atomic mass is 10.1. The van der Waals surface area contributed by atoms with Gasteiger partial charge >= 0.3 is 18.0 Å². The topological polar surface area (TPSA) is 78.4 Å². The van der Waals surface area contributed by atoms with Gasteiger partial charge in [0, 0.05) is 13.6 Å². The Labute approximate surface area is 112 Å². The number of nitrogens with one attached hydrogen (secondary N) is 2. The van der Waals surface area contributed by atoms with Crippen LogP contribution >= 0.6 is 0 Å². The van der Waals surface area contributed by atoms with E-state index in [-0.39, 0.29) is 12.1 Å². The van der Waals surface area contributed by atoms with Gasteiger partial charge in [-0.1, -0.05) is 12.1 Å². The molecule has 0 aliphatic rings. The van der Waals surface area contributed by atoms with E-state index < -0.39 is 29.7 Å². The fourth-order valence-electron chi connectivity index (χ4n) is 1.40. The van der Waals surface area contributed by atoms with E-state index in [1.54, 1.807) is 0 Å². The summed E-state index contributed by atoms with van der Waals surface area (Å²) in [5.74, 6) is -1.80. The fourth-order valence-corrected chi connectivity index (χ4v) is 1.40. The Balaban J connectivity index is 2.62. The fraction of sp³-hybridized carbons (Fsp3) is 0.333. The van der Waals surface area contributed by atoms with Crippen LogP contribution in [0.5, 0.6) is 0 Å². The van der Waals surface area contributed by atoms with Crippen molar-refractivity contribution in [2.24, 2.45) is 0 Å². The molecule has 20 heavy (non-hydrogen) atoms. The van der Waals surface area contributed by atoms with Gasteiger partial charge in [-0.2, -0.15) is 13.2 Å². The molecule has 0 aliphatic heterocycles. The van der Waals surface area contributed by atoms with Crippen LogP contribution in [0.2, 0.25) is 0 Å². The van der Waals surface area contributed by atoms with Gasteiger partial charge in [0.25, 0.3) is 0 Å². The number of aliphatic hydroxyl groups is 1. The van der Waals surface area contributed by atoms with Crippen molar-refractivity contribution in [1.82, 2.24) is 10.6 Å². The number of alkyl halides is 3. The quantitative estimate of drug-likeness (QED) is 0.713. The monoisotopic (exact) mass is 290 g/mol. The maximum atomic E-state index is 12.3. The van der Waals surface area contributed by atoms with Gasteiger partial charge in [-0.15, -0.1) is 0 Å². The molecule has 0 aromatic heterocycles. The molecule has 1 aromatic carbocycles. The van der Waals surface area contributed by atoms with Crippen LogP contribution in [0.4, 0.5) is 13.2 Å². The Morgan fingerprint density at radius 1 is 1.20 bits per heavy atom. The average Bonchev–Trinajstić information content (AvgIpc) is 2.42. The second kappa shape index (κ2) is 6.38. The predicted molar refractivity (Wildman–Crippen MR) is 63.5 cm³/mol. The summed E-state index contributed by atoms with van der Waals surface area (Å²) in [6, 6.07) is 3.89. The lowest BCUT2D eigenvalue weighted by molar-refractivity contribution is -0.139. The summed E-state index contributed by atoms with van der Waals surface area (Å²) in [5.41, 5.74) is -0.627. The third-order valence-electron chi connectivity index (χ3n) is 2.51. The van der Waals surface area contributed by atoms with Crippen molar-refractivity contribution in [3.05, 3.63) is 35.4 Å². The van der Waals surface area contributed by atoms with Crippen molar-refractivity contribution in [1.29, 1.82) is 0 Å². The number of carbonyl (C=O) groups is 2. The minimum Gasteiger partial charge on any atom is -0.387 e. The first-order valence-corrected chi connectivity index (χ1v) is 5.61. The molecule has 0 bridgehead atoms. The number of benzene rings is 1. The highest BCUT2D eigenvalue weighted by atomic mass is 19.4. The molecule has 8 heteroatoms. The zero-order valence-corrected chi connectivity index (χ0v) is 10.5. The second-order valence-corrected chi connectivity index (χ2v) is 3.92. The lowest BCUT2D eigenvalue weighted by Gasteiger charge is -2.13. The Morgan fingerprint density at radius 3 is 2.20 bits per heavy atom. The number of carbonyl (C=O) groups excluding carboxylic acids is 2. The molecule has 5 nitrogen and oxygen atoms in total. The van der Waals surface area contributed by atoms with Gasteiger partial charge in [0.2, 0.25) is 0 Å². The molecule has 3 N–H and O–H groups in total. The maximum absolute atomic E-state index is 12.3. The summed E-state index contributed by atoms with van der Waals surface area (Å²) in [6.07, 6.45) is -5.65. The number of amides is 2. The Bertz CT molecular complexity index is 486. The highest BCUT2D eigenvalue weighted by Gasteiger charge is 2.30. The van der Waals surface area contributed by atoms with Crippen LogP contribution in [-0.4, -0.2) is 30.5 Å². The van der Waals surface area contributed by atoms with Crippen LogP contribution in [0.15, 0.2) is 24.3 Å². The summed E-state index contributed by atoms with van der Waals surface area (Å²) in [4.78, 5) is 22.0. The van der Waals surface area contributed by atoms with E-state index in [9.17, 15) is 27.9 Å². The molecule has 1 rings (SSSR count). The molecular formula is C12H13F3N2O3. The molecule has 0 aliphatic carbocycles. The van der Waals surface area contributed by atoms with Crippen LogP contribution in [0.1, 0.15) is 17.2 Å². The lowest BCUT2D eigenvalue weighted by Crippen LogP contribution is -2.39. The standard InChI is InChI=1S/C12H13F3N2O3/c1-16-10(19)11(20)17-6-9(18)7-2-4-8(5-3-7)12(13,14)15/h2-5,9,18H,6H2,1H3,(H,16,19)(H,17,20). The molecule has 0 fully saturated rings. The van der Waals surface area contributed by atoms with Gasteiger partial charge < -0.3 is 15.7 Å². The summed E-state index contributed by atoms with van der Waals surface area (Å²) in [7, 11) is 1.27.